The lowest BCUT2D eigenvalue weighted by atomic mass is 9.92. The van der Waals surface area contributed by atoms with Crippen LogP contribution < -0.4 is 4.74 Å². The first-order chi connectivity index (χ1) is 10.7. The maximum Gasteiger partial charge on any atom is 0.217 e. The average molecular weight is 356 g/mol. The predicted molar refractivity (Wildman–Crippen MR) is 90.3 cm³/mol. The molecule has 4 heteroatoms. The zero-order valence-electron chi connectivity index (χ0n) is 12.0. The molecule has 0 spiro atoms. The maximum atomic E-state index is 11.7. The summed E-state index contributed by atoms with van der Waals surface area (Å²) in [7, 11) is 1.57. The topological polar surface area (TPSA) is 39.2 Å². The highest BCUT2D eigenvalue weighted by Gasteiger charge is 2.19. The van der Waals surface area contributed by atoms with Gasteiger partial charge in [0.2, 0.25) is 5.88 Å². The number of fused-ring (bicyclic) bond motifs is 1. The Bertz CT molecular complexity index is 818. The Morgan fingerprint density at radius 1 is 1.14 bits per heavy atom. The molecule has 1 atom stereocenters. The Labute approximate surface area is 137 Å². The summed E-state index contributed by atoms with van der Waals surface area (Å²) in [5.74, 6) is 0.0859. The van der Waals surface area contributed by atoms with Gasteiger partial charge in [0.25, 0.3) is 0 Å². The van der Waals surface area contributed by atoms with E-state index in [1.807, 2.05) is 54.6 Å². The third-order valence-corrected chi connectivity index (χ3v) is 4.09. The van der Waals surface area contributed by atoms with Crippen LogP contribution in [0, 0.1) is 0 Å². The van der Waals surface area contributed by atoms with E-state index in [-0.39, 0.29) is 0 Å². The van der Waals surface area contributed by atoms with Crippen molar-refractivity contribution >= 4 is 33.1 Å². The van der Waals surface area contributed by atoms with Crippen LogP contribution in [0.5, 0.6) is 5.88 Å². The first-order valence-corrected chi connectivity index (χ1v) is 7.66. The molecule has 0 aliphatic carbocycles. The number of aldehydes is 1. The van der Waals surface area contributed by atoms with Crippen LogP contribution >= 0.6 is 15.9 Å². The lowest BCUT2D eigenvalue weighted by Gasteiger charge is -2.15. The minimum absolute atomic E-state index is 0.396. The number of halogens is 1. The van der Waals surface area contributed by atoms with Crippen LogP contribution in [0.2, 0.25) is 0 Å². The molecule has 3 aromatic rings. The Hall–Kier alpha value is -2.20. The van der Waals surface area contributed by atoms with Crippen LogP contribution in [-0.2, 0) is 4.79 Å². The van der Waals surface area contributed by atoms with E-state index in [9.17, 15) is 4.79 Å². The van der Waals surface area contributed by atoms with Gasteiger partial charge in [-0.15, -0.1) is 0 Å². The molecule has 0 aliphatic rings. The standard InChI is InChI=1S/C18H14BrNO2/c1-22-18-15(16(11-21)12-5-3-2-4-6-12)10-13-9-14(19)7-8-17(13)20-18/h2-11,16H,1H3/t16-/m1/s1. The molecule has 0 bridgehead atoms. The van der Waals surface area contributed by atoms with Gasteiger partial charge in [0.05, 0.1) is 18.5 Å². The Morgan fingerprint density at radius 3 is 2.59 bits per heavy atom. The number of rotatable bonds is 4. The van der Waals surface area contributed by atoms with Crippen LogP contribution in [-0.4, -0.2) is 18.4 Å². The predicted octanol–water partition coefficient (Wildman–Crippen LogP) is 4.34. The van der Waals surface area contributed by atoms with Gasteiger partial charge >= 0.3 is 0 Å². The van der Waals surface area contributed by atoms with Gasteiger partial charge < -0.3 is 9.53 Å². The number of methoxy groups -OCH3 is 1. The Balaban J connectivity index is 2.21. The average Bonchev–Trinajstić information content (AvgIpc) is 2.56. The van der Waals surface area contributed by atoms with E-state index in [1.165, 1.54) is 0 Å². The molecule has 1 heterocycles. The first kappa shape index (κ1) is 14.7. The summed E-state index contributed by atoms with van der Waals surface area (Å²) in [4.78, 5) is 16.2. The molecule has 0 fully saturated rings. The summed E-state index contributed by atoms with van der Waals surface area (Å²) in [5.41, 5.74) is 2.53. The van der Waals surface area contributed by atoms with Crippen molar-refractivity contribution in [2.24, 2.45) is 0 Å². The molecule has 0 saturated carbocycles. The van der Waals surface area contributed by atoms with Crippen molar-refractivity contribution in [1.82, 2.24) is 4.98 Å². The van der Waals surface area contributed by atoms with E-state index < -0.39 is 5.92 Å². The van der Waals surface area contributed by atoms with Crippen molar-refractivity contribution in [2.45, 2.75) is 5.92 Å². The molecule has 22 heavy (non-hydrogen) atoms. The smallest absolute Gasteiger partial charge is 0.217 e. The molecule has 0 saturated heterocycles. The number of carbonyl (C=O) groups excluding carboxylic acids is 1. The lowest BCUT2D eigenvalue weighted by molar-refractivity contribution is -0.108. The third kappa shape index (κ3) is 2.74. The van der Waals surface area contributed by atoms with Gasteiger partial charge in [0.1, 0.15) is 6.29 Å². The molecule has 1 aromatic heterocycles. The van der Waals surface area contributed by atoms with Crippen molar-refractivity contribution in [2.75, 3.05) is 7.11 Å². The van der Waals surface area contributed by atoms with Gasteiger partial charge in [-0.25, -0.2) is 4.98 Å². The summed E-state index contributed by atoms with van der Waals surface area (Å²) in [6.45, 7) is 0. The SMILES string of the molecule is COc1nc2ccc(Br)cc2cc1[C@H](C=O)c1ccccc1. The van der Waals surface area contributed by atoms with Gasteiger partial charge in [0, 0.05) is 15.4 Å². The monoisotopic (exact) mass is 355 g/mol. The number of hydrogen-bond donors (Lipinski definition) is 0. The van der Waals surface area contributed by atoms with E-state index in [2.05, 4.69) is 20.9 Å². The molecule has 0 N–H and O–H groups in total. The van der Waals surface area contributed by atoms with Crippen molar-refractivity contribution in [1.29, 1.82) is 0 Å². The minimum atomic E-state index is -0.396. The minimum Gasteiger partial charge on any atom is -0.481 e. The van der Waals surface area contributed by atoms with Crippen molar-refractivity contribution in [3.05, 3.63) is 70.2 Å². The molecule has 110 valence electrons. The highest BCUT2D eigenvalue weighted by Crippen LogP contribution is 2.32. The highest BCUT2D eigenvalue weighted by molar-refractivity contribution is 9.10. The second-order valence-electron chi connectivity index (χ2n) is 4.95. The summed E-state index contributed by atoms with van der Waals surface area (Å²) in [6.07, 6.45) is 0.929. The fraction of sp³-hybridized carbons (Fsp3) is 0.111. The van der Waals surface area contributed by atoms with E-state index >= 15 is 0 Å². The first-order valence-electron chi connectivity index (χ1n) is 6.87. The fourth-order valence-corrected chi connectivity index (χ4v) is 2.90. The van der Waals surface area contributed by atoms with Crippen LogP contribution in [0.4, 0.5) is 0 Å². The number of ether oxygens (including phenoxy) is 1. The number of hydrogen-bond acceptors (Lipinski definition) is 3. The fourth-order valence-electron chi connectivity index (χ4n) is 2.52. The largest absolute Gasteiger partial charge is 0.481 e. The molecule has 3 rings (SSSR count). The molecule has 0 amide bonds. The molecule has 3 nitrogen and oxygen atoms in total. The quantitative estimate of drug-likeness (QED) is 0.653. The molecule has 0 aliphatic heterocycles. The molecule has 0 radical (unpaired) electrons. The second kappa shape index (κ2) is 6.28. The normalized spacial score (nSPS) is 12.1. The van der Waals surface area contributed by atoms with Crippen molar-refractivity contribution in [3.63, 3.8) is 0 Å². The summed E-state index contributed by atoms with van der Waals surface area (Å²) in [5, 5.41) is 0.966. The molecule has 0 unspecified atom stereocenters. The van der Waals surface area contributed by atoms with Crippen molar-refractivity contribution in [3.8, 4) is 5.88 Å². The van der Waals surface area contributed by atoms with Crippen LogP contribution in [0.25, 0.3) is 10.9 Å². The van der Waals surface area contributed by atoms with Crippen LogP contribution in [0.3, 0.4) is 0 Å². The number of pyridine rings is 1. The van der Waals surface area contributed by atoms with Gasteiger partial charge in [-0.2, -0.15) is 0 Å². The van der Waals surface area contributed by atoms with Gasteiger partial charge in [-0.1, -0.05) is 46.3 Å². The summed E-state index contributed by atoms with van der Waals surface area (Å²) >= 11 is 3.46. The van der Waals surface area contributed by atoms with Crippen LogP contribution in [0.1, 0.15) is 17.0 Å². The van der Waals surface area contributed by atoms with E-state index in [4.69, 9.17) is 4.74 Å². The maximum absolute atomic E-state index is 11.7. The van der Waals surface area contributed by atoms with Gasteiger partial charge in [-0.3, -0.25) is 0 Å². The Kier molecular flexibility index (Phi) is 4.20. The third-order valence-electron chi connectivity index (χ3n) is 3.59. The lowest BCUT2D eigenvalue weighted by Crippen LogP contribution is -2.06. The zero-order valence-corrected chi connectivity index (χ0v) is 13.6. The number of benzene rings is 2. The number of aromatic nitrogens is 1. The van der Waals surface area contributed by atoms with Crippen molar-refractivity contribution < 1.29 is 9.53 Å². The van der Waals surface area contributed by atoms with E-state index in [0.717, 1.165) is 32.8 Å². The molecule has 2 aromatic carbocycles. The number of carbonyl (C=O) groups is 1. The van der Waals surface area contributed by atoms with Crippen LogP contribution in [0.15, 0.2) is 59.1 Å². The second-order valence-corrected chi connectivity index (χ2v) is 5.86. The van der Waals surface area contributed by atoms with Gasteiger partial charge in [-0.05, 0) is 29.8 Å². The molecular weight excluding hydrogens is 342 g/mol. The zero-order chi connectivity index (χ0) is 15.5. The van der Waals surface area contributed by atoms with E-state index in [0.29, 0.717) is 5.88 Å². The Morgan fingerprint density at radius 2 is 1.91 bits per heavy atom. The molecular formula is C18H14BrNO2. The highest BCUT2D eigenvalue weighted by atomic mass is 79.9. The van der Waals surface area contributed by atoms with Gasteiger partial charge in [0.15, 0.2) is 0 Å². The summed E-state index contributed by atoms with van der Waals surface area (Å²) < 4.78 is 6.38. The summed E-state index contributed by atoms with van der Waals surface area (Å²) in [6, 6.07) is 17.4. The number of nitrogens with zero attached hydrogens (tertiary/aromatic N) is 1. The van der Waals surface area contributed by atoms with E-state index in [1.54, 1.807) is 7.11 Å².